The number of carbonyl (C=O) groups is 1. The number of aromatic nitrogens is 3. The Labute approximate surface area is 168 Å². The van der Waals surface area contributed by atoms with E-state index in [1.54, 1.807) is 6.20 Å². The molecular weight excluding hydrogens is 364 g/mol. The molecule has 5 rings (SSSR count). The molecular formula is C23H20N4O2. The monoisotopic (exact) mass is 384 g/mol. The average Bonchev–Trinajstić information content (AvgIpc) is 3.25. The van der Waals surface area contributed by atoms with Crippen molar-refractivity contribution in [3.05, 3.63) is 77.1 Å². The third-order valence-corrected chi connectivity index (χ3v) is 5.47. The van der Waals surface area contributed by atoms with Gasteiger partial charge in [-0.05, 0) is 32.0 Å². The highest BCUT2D eigenvalue weighted by molar-refractivity contribution is 6.04. The molecule has 4 aromatic rings. The molecule has 0 atom stereocenters. The van der Waals surface area contributed by atoms with Crippen molar-refractivity contribution in [2.75, 3.05) is 6.54 Å². The molecule has 0 bridgehead atoms. The van der Waals surface area contributed by atoms with Crippen LogP contribution in [0, 0.1) is 13.8 Å². The maximum atomic E-state index is 13.2. The van der Waals surface area contributed by atoms with Gasteiger partial charge in [0.2, 0.25) is 0 Å². The summed E-state index contributed by atoms with van der Waals surface area (Å²) >= 11 is 0. The smallest absolute Gasteiger partial charge is 0.256 e. The summed E-state index contributed by atoms with van der Waals surface area (Å²) in [6.45, 7) is 4.87. The van der Waals surface area contributed by atoms with Gasteiger partial charge in [0.15, 0.2) is 0 Å². The molecule has 1 aliphatic heterocycles. The van der Waals surface area contributed by atoms with E-state index in [4.69, 9.17) is 9.51 Å². The van der Waals surface area contributed by atoms with Gasteiger partial charge in [0.1, 0.15) is 5.76 Å². The third-order valence-electron chi connectivity index (χ3n) is 5.47. The zero-order chi connectivity index (χ0) is 20.0. The summed E-state index contributed by atoms with van der Waals surface area (Å²) < 4.78 is 5.31. The number of rotatable bonds is 4. The molecule has 29 heavy (non-hydrogen) atoms. The highest BCUT2D eigenvalue weighted by atomic mass is 16.5. The van der Waals surface area contributed by atoms with E-state index in [0.29, 0.717) is 30.8 Å². The average molecular weight is 384 g/mol. The lowest BCUT2D eigenvalue weighted by Crippen LogP contribution is -2.26. The summed E-state index contributed by atoms with van der Waals surface area (Å²) in [6.07, 6.45) is 2.45. The van der Waals surface area contributed by atoms with Crippen LogP contribution in [0.4, 0.5) is 0 Å². The Balaban J connectivity index is 1.40. The van der Waals surface area contributed by atoms with E-state index in [1.165, 1.54) is 0 Å². The number of hydrogen-bond acceptors (Lipinski definition) is 5. The predicted molar refractivity (Wildman–Crippen MR) is 109 cm³/mol. The highest BCUT2D eigenvalue weighted by Gasteiger charge is 2.32. The van der Waals surface area contributed by atoms with Crippen LogP contribution in [-0.4, -0.2) is 32.5 Å². The first-order valence-corrected chi connectivity index (χ1v) is 9.67. The van der Waals surface area contributed by atoms with E-state index in [9.17, 15) is 4.79 Å². The standard InChI is InChI=1S/C23H20N4O2/c1-14-21(15(2)29-26-14)18-9-11-24-20-13-27(23(28)22(18)20)12-10-17-8-7-16-5-3-4-6-19(16)25-17/h3-9,11H,10,12-13H2,1-2H3. The Morgan fingerprint density at radius 3 is 2.76 bits per heavy atom. The largest absolute Gasteiger partial charge is 0.361 e. The lowest BCUT2D eigenvalue weighted by atomic mass is 9.99. The Kier molecular flexibility index (Phi) is 4.12. The van der Waals surface area contributed by atoms with Crippen molar-refractivity contribution in [1.29, 1.82) is 0 Å². The summed E-state index contributed by atoms with van der Waals surface area (Å²) in [7, 11) is 0. The Morgan fingerprint density at radius 1 is 1.07 bits per heavy atom. The molecule has 0 N–H and O–H groups in total. The quantitative estimate of drug-likeness (QED) is 0.530. The maximum Gasteiger partial charge on any atom is 0.256 e. The van der Waals surface area contributed by atoms with Gasteiger partial charge in [-0.2, -0.15) is 0 Å². The van der Waals surface area contributed by atoms with Crippen molar-refractivity contribution >= 4 is 16.8 Å². The van der Waals surface area contributed by atoms with Gasteiger partial charge in [0.25, 0.3) is 5.91 Å². The number of pyridine rings is 2. The van der Waals surface area contributed by atoms with Crippen LogP contribution in [-0.2, 0) is 13.0 Å². The molecule has 0 saturated heterocycles. The zero-order valence-electron chi connectivity index (χ0n) is 16.3. The fourth-order valence-electron chi connectivity index (χ4n) is 4.03. The molecule has 0 spiro atoms. The van der Waals surface area contributed by atoms with Gasteiger partial charge in [-0.1, -0.05) is 29.4 Å². The third kappa shape index (κ3) is 2.97. The topological polar surface area (TPSA) is 72.1 Å². The fourth-order valence-corrected chi connectivity index (χ4v) is 4.03. The Bertz CT molecular complexity index is 1230. The number of amides is 1. The van der Waals surface area contributed by atoms with Crippen molar-refractivity contribution in [3.8, 4) is 11.1 Å². The zero-order valence-corrected chi connectivity index (χ0v) is 16.3. The summed E-state index contributed by atoms with van der Waals surface area (Å²) in [5, 5.41) is 5.15. The highest BCUT2D eigenvalue weighted by Crippen LogP contribution is 2.34. The second-order valence-electron chi connectivity index (χ2n) is 7.35. The SMILES string of the molecule is Cc1noc(C)c1-c1ccnc2c1C(=O)N(CCc1ccc3ccccc3n1)C2. The lowest BCUT2D eigenvalue weighted by Gasteiger charge is -2.15. The Hall–Kier alpha value is -3.54. The maximum absolute atomic E-state index is 13.2. The van der Waals surface area contributed by atoms with Crippen LogP contribution in [0.5, 0.6) is 0 Å². The van der Waals surface area contributed by atoms with Crippen LogP contribution < -0.4 is 0 Å². The number of aryl methyl sites for hydroxylation is 2. The van der Waals surface area contributed by atoms with Crippen molar-refractivity contribution < 1.29 is 9.32 Å². The molecule has 6 nitrogen and oxygen atoms in total. The molecule has 6 heteroatoms. The number of nitrogens with zero attached hydrogens (tertiary/aromatic N) is 4. The lowest BCUT2D eigenvalue weighted by molar-refractivity contribution is 0.0780. The van der Waals surface area contributed by atoms with Crippen molar-refractivity contribution in [3.63, 3.8) is 0 Å². The van der Waals surface area contributed by atoms with Gasteiger partial charge in [-0.15, -0.1) is 0 Å². The molecule has 0 aliphatic carbocycles. The van der Waals surface area contributed by atoms with Gasteiger partial charge in [0.05, 0.1) is 29.0 Å². The molecule has 1 amide bonds. The molecule has 3 aromatic heterocycles. The first kappa shape index (κ1) is 17.6. The van der Waals surface area contributed by atoms with Crippen LogP contribution >= 0.6 is 0 Å². The van der Waals surface area contributed by atoms with Gasteiger partial charge in [-0.25, -0.2) is 0 Å². The van der Waals surface area contributed by atoms with Gasteiger partial charge < -0.3 is 9.42 Å². The first-order valence-electron chi connectivity index (χ1n) is 9.67. The fraction of sp³-hybridized carbons (Fsp3) is 0.217. The van der Waals surface area contributed by atoms with Crippen molar-refractivity contribution in [2.24, 2.45) is 0 Å². The number of para-hydroxylation sites is 1. The second-order valence-corrected chi connectivity index (χ2v) is 7.35. The van der Waals surface area contributed by atoms with Crippen LogP contribution in [0.2, 0.25) is 0 Å². The molecule has 1 aromatic carbocycles. The summed E-state index contributed by atoms with van der Waals surface area (Å²) in [5.74, 6) is 0.714. The van der Waals surface area contributed by atoms with Crippen LogP contribution in [0.15, 0.2) is 53.2 Å². The minimum Gasteiger partial charge on any atom is -0.361 e. The van der Waals surface area contributed by atoms with E-state index < -0.39 is 0 Å². The number of carbonyl (C=O) groups excluding carboxylic acids is 1. The predicted octanol–water partition coefficient (Wildman–Crippen LogP) is 4.10. The van der Waals surface area contributed by atoms with Crippen LogP contribution in [0.1, 0.15) is 33.2 Å². The van der Waals surface area contributed by atoms with Crippen molar-refractivity contribution in [1.82, 2.24) is 20.0 Å². The Morgan fingerprint density at radius 2 is 1.93 bits per heavy atom. The van der Waals surface area contributed by atoms with Crippen LogP contribution in [0.25, 0.3) is 22.0 Å². The van der Waals surface area contributed by atoms with E-state index in [1.807, 2.05) is 49.1 Å². The summed E-state index contributed by atoms with van der Waals surface area (Å²) in [6, 6.07) is 14.0. The summed E-state index contributed by atoms with van der Waals surface area (Å²) in [4.78, 5) is 24.2. The number of fused-ring (bicyclic) bond motifs is 2. The van der Waals surface area contributed by atoms with E-state index in [0.717, 1.165) is 39.1 Å². The minimum absolute atomic E-state index is 0.00360. The van der Waals surface area contributed by atoms with Gasteiger partial charge in [-0.3, -0.25) is 14.8 Å². The molecule has 0 fully saturated rings. The van der Waals surface area contributed by atoms with E-state index in [-0.39, 0.29) is 5.91 Å². The molecule has 4 heterocycles. The molecule has 144 valence electrons. The molecule has 0 unspecified atom stereocenters. The van der Waals surface area contributed by atoms with E-state index in [2.05, 4.69) is 22.3 Å². The molecule has 1 aliphatic rings. The summed E-state index contributed by atoms with van der Waals surface area (Å²) in [5.41, 5.74) is 5.93. The van der Waals surface area contributed by atoms with Crippen molar-refractivity contribution in [2.45, 2.75) is 26.8 Å². The number of hydrogen-bond donors (Lipinski definition) is 0. The molecule has 0 saturated carbocycles. The number of benzene rings is 1. The van der Waals surface area contributed by atoms with Gasteiger partial charge in [0, 0.05) is 41.4 Å². The van der Waals surface area contributed by atoms with E-state index >= 15 is 0 Å². The first-order chi connectivity index (χ1) is 14.1. The molecule has 0 radical (unpaired) electrons. The second kappa shape index (κ2) is 6.81. The normalized spacial score (nSPS) is 13.3. The van der Waals surface area contributed by atoms with Gasteiger partial charge >= 0.3 is 0 Å². The minimum atomic E-state index is 0.00360. The van der Waals surface area contributed by atoms with Crippen LogP contribution in [0.3, 0.4) is 0 Å².